The number of aromatic nitrogens is 1. The maximum absolute atomic E-state index is 13.3. The molecule has 33 heavy (non-hydrogen) atoms. The summed E-state index contributed by atoms with van der Waals surface area (Å²) in [7, 11) is 0. The van der Waals surface area contributed by atoms with Crippen LogP contribution in [0.5, 0.6) is 0 Å². The number of anilines is 1. The first kappa shape index (κ1) is 22.4. The minimum atomic E-state index is -4.56. The maximum Gasteiger partial charge on any atom is 0.511 e. The van der Waals surface area contributed by atoms with E-state index in [1.165, 1.54) is 11.3 Å². The quantitative estimate of drug-likeness (QED) is 0.525. The van der Waals surface area contributed by atoms with Gasteiger partial charge in [0.25, 0.3) is 5.91 Å². The first-order valence-electron chi connectivity index (χ1n) is 10.4. The average Bonchev–Trinajstić information content (AvgIpc) is 3.38. The van der Waals surface area contributed by atoms with E-state index in [0.717, 1.165) is 52.8 Å². The normalized spacial score (nSPS) is 22.3. The number of carboxylic acid groups (broad SMARTS) is 1. The molecule has 7 nitrogen and oxygen atoms in total. The number of hydrogen-bond donors (Lipinski definition) is 2. The maximum atomic E-state index is 13.3. The highest BCUT2D eigenvalue weighted by Crippen LogP contribution is 2.48. The summed E-state index contributed by atoms with van der Waals surface area (Å²) >= 11 is 2.12. The Labute approximate surface area is 194 Å². The number of fused-ring (bicyclic) bond motifs is 3. The number of allylic oxidation sites excluding steroid dienone is 1. The van der Waals surface area contributed by atoms with Crippen molar-refractivity contribution in [1.82, 2.24) is 4.98 Å². The summed E-state index contributed by atoms with van der Waals surface area (Å²) in [4.78, 5) is 29.2. The van der Waals surface area contributed by atoms with Crippen LogP contribution >= 0.6 is 22.7 Å². The third kappa shape index (κ3) is 4.15. The van der Waals surface area contributed by atoms with E-state index < -0.39 is 23.9 Å². The largest absolute Gasteiger partial charge is 0.511 e. The molecule has 0 radical (unpaired) electrons. The summed E-state index contributed by atoms with van der Waals surface area (Å²) in [5.41, 5.74) is 0.653. The smallest absolute Gasteiger partial charge is 0.449 e. The Balaban J connectivity index is 1.53. The van der Waals surface area contributed by atoms with Crippen LogP contribution in [-0.2, 0) is 33.5 Å². The molecule has 1 fully saturated rings. The first-order chi connectivity index (χ1) is 15.7. The Morgan fingerprint density at radius 1 is 1.21 bits per heavy atom. The number of carbonyl (C=O) groups excluding carboxylic acids is 1. The fourth-order valence-electron chi connectivity index (χ4n) is 4.83. The van der Waals surface area contributed by atoms with Gasteiger partial charge in [-0.2, -0.15) is 13.2 Å². The molecule has 1 saturated carbocycles. The number of nitrogens with zero attached hydrogens (tertiary/aromatic N) is 1. The monoisotopic (exact) mass is 500 g/mol. The zero-order valence-corrected chi connectivity index (χ0v) is 18.8. The molecule has 0 unspecified atom stereocenters. The Bertz CT molecular complexity index is 1150. The van der Waals surface area contributed by atoms with Gasteiger partial charge < -0.3 is 19.9 Å². The van der Waals surface area contributed by atoms with Gasteiger partial charge in [0.15, 0.2) is 5.69 Å². The van der Waals surface area contributed by atoms with E-state index in [1.54, 1.807) is 0 Å². The van der Waals surface area contributed by atoms with Gasteiger partial charge in [-0.15, -0.1) is 22.7 Å². The molecular weight excluding hydrogens is 481 g/mol. The van der Waals surface area contributed by atoms with Crippen molar-refractivity contribution in [3.05, 3.63) is 32.8 Å². The number of carbonyl (C=O) groups is 2. The molecule has 1 amide bonds. The zero-order valence-electron chi connectivity index (χ0n) is 17.2. The minimum Gasteiger partial charge on any atom is -0.449 e. The van der Waals surface area contributed by atoms with E-state index in [1.807, 2.05) is 0 Å². The van der Waals surface area contributed by atoms with E-state index in [9.17, 15) is 22.8 Å². The molecule has 12 heteroatoms. The molecule has 0 atom stereocenters. The predicted molar refractivity (Wildman–Crippen MR) is 114 cm³/mol. The molecule has 0 aromatic carbocycles. The third-order valence-corrected chi connectivity index (χ3v) is 8.25. The number of thiophene rings is 1. The van der Waals surface area contributed by atoms with Crippen molar-refractivity contribution in [1.29, 1.82) is 0 Å². The van der Waals surface area contributed by atoms with Crippen LogP contribution in [0.15, 0.2) is 16.7 Å². The highest BCUT2D eigenvalue weighted by molar-refractivity contribution is 7.18. The molecule has 2 N–H and O–H groups in total. The first-order valence-corrected chi connectivity index (χ1v) is 12.1. The van der Waals surface area contributed by atoms with Gasteiger partial charge in [0, 0.05) is 21.7 Å². The molecule has 3 heterocycles. The van der Waals surface area contributed by atoms with Gasteiger partial charge in [-0.3, -0.25) is 4.79 Å². The van der Waals surface area contributed by atoms with Crippen LogP contribution in [0.3, 0.4) is 0 Å². The Kier molecular flexibility index (Phi) is 5.69. The second kappa shape index (κ2) is 8.41. The predicted octanol–water partition coefficient (Wildman–Crippen LogP) is 5.67. The summed E-state index contributed by atoms with van der Waals surface area (Å²) in [6, 6.07) is 0. The molecular formula is C21H19F3N2O5S2. The third-order valence-electron chi connectivity index (χ3n) is 6.27. The van der Waals surface area contributed by atoms with Crippen LogP contribution < -0.4 is 5.32 Å². The van der Waals surface area contributed by atoms with Gasteiger partial charge in [-0.05, 0) is 43.6 Å². The molecule has 6 rings (SSSR count). The van der Waals surface area contributed by atoms with Crippen molar-refractivity contribution in [3.63, 3.8) is 0 Å². The SMILES string of the molecule is O=C(O)OC1=C(C(=O)Nc2sc3c(c2-c2nc(C(F)(F)F)cs2)CCOC3)C2CCC1CC2. The molecule has 0 spiro atoms. The van der Waals surface area contributed by atoms with Crippen LogP contribution in [0.2, 0.25) is 0 Å². The number of rotatable bonds is 4. The number of thiazole rings is 1. The summed E-state index contributed by atoms with van der Waals surface area (Å²) in [5.74, 6) is -0.511. The van der Waals surface area contributed by atoms with Crippen LogP contribution in [0.25, 0.3) is 10.6 Å². The highest BCUT2D eigenvalue weighted by atomic mass is 32.1. The summed E-state index contributed by atoms with van der Waals surface area (Å²) in [5, 5.41) is 13.5. The van der Waals surface area contributed by atoms with Crippen LogP contribution in [0.4, 0.5) is 23.0 Å². The molecule has 1 aliphatic heterocycles. The fourth-order valence-corrected chi connectivity index (χ4v) is 6.98. The lowest BCUT2D eigenvalue weighted by Gasteiger charge is -2.37. The van der Waals surface area contributed by atoms with Gasteiger partial charge in [0.2, 0.25) is 0 Å². The molecule has 2 aromatic rings. The van der Waals surface area contributed by atoms with E-state index in [4.69, 9.17) is 14.6 Å². The minimum absolute atomic E-state index is 0.109. The fraction of sp³-hybridized carbons (Fsp3) is 0.476. The van der Waals surface area contributed by atoms with E-state index in [0.29, 0.717) is 35.8 Å². The Morgan fingerprint density at radius 2 is 1.94 bits per heavy atom. The second-order valence-electron chi connectivity index (χ2n) is 8.19. The zero-order chi connectivity index (χ0) is 23.3. The summed E-state index contributed by atoms with van der Waals surface area (Å²) in [6.07, 6.45) is -2.47. The highest BCUT2D eigenvalue weighted by Gasteiger charge is 2.41. The van der Waals surface area contributed by atoms with Crippen molar-refractivity contribution < 1.29 is 37.3 Å². The van der Waals surface area contributed by atoms with E-state index in [2.05, 4.69) is 10.3 Å². The molecule has 0 saturated heterocycles. The van der Waals surface area contributed by atoms with Crippen molar-refractivity contribution in [3.8, 4) is 10.6 Å². The standard InChI is InChI=1S/C21H19F3N2O5S2/c22-21(23,24)13-8-32-18(25-13)15-11-5-6-30-7-12(11)33-19(15)26-17(27)14-9-1-3-10(4-2-9)16(14)31-20(28)29/h8-10H,1-7H2,(H,26,27)(H,28,29). The van der Waals surface area contributed by atoms with Gasteiger partial charge in [0.05, 0.1) is 18.8 Å². The topological polar surface area (TPSA) is 97.8 Å². The van der Waals surface area contributed by atoms with Crippen LogP contribution in [-0.4, -0.2) is 28.8 Å². The number of nitrogens with one attached hydrogen (secondary N) is 1. The van der Waals surface area contributed by atoms with Gasteiger partial charge >= 0.3 is 12.3 Å². The molecule has 3 aliphatic carbocycles. The lowest BCUT2D eigenvalue weighted by molar-refractivity contribution is -0.140. The summed E-state index contributed by atoms with van der Waals surface area (Å²) < 4.78 is 50.0. The number of halogens is 3. The van der Waals surface area contributed by atoms with E-state index >= 15 is 0 Å². The molecule has 2 aromatic heterocycles. The van der Waals surface area contributed by atoms with E-state index in [-0.39, 0.29) is 22.6 Å². The van der Waals surface area contributed by atoms with Gasteiger partial charge in [0.1, 0.15) is 15.8 Å². The van der Waals surface area contributed by atoms with Gasteiger partial charge in [-0.25, -0.2) is 9.78 Å². The number of alkyl halides is 3. The average molecular weight is 501 g/mol. The molecule has 176 valence electrons. The number of amides is 1. The van der Waals surface area contributed by atoms with Crippen LogP contribution in [0, 0.1) is 11.8 Å². The molecule has 2 bridgehead atoms. The second-order valence-corrected chi connectivity index (χ2v) is 10.2. The number of ether oxygens (including phenoxy) is 2. The lowest BCUT2D eigenvalue weighted by atomic mass is 9.70. The summed E-state index contributed by atoms with van der Waals surface area (Å²) in [6.45, 7) is 0.730. The lowest BCUT2D eigenvalue weighted by Crippen LogP contribution is -2.34. The Morgan fingerprint density at radius 3 is 2.61 bits per heavy atom. The number of hydrogen-bond acceptors (Lipinski definition) is 7. The van der Waals surface area contributed by atoms with Crippen molar-refractivity contribution >= 4 is 39.7 Å². The Hall–Kier alpha value is -2.44. The molecule has 4 aliphatic rings. The van der Waals surface area contributed by atoms with Crippen molar-refractivity contribution in [2.75, 3.05) is 11.9 Å². The van der Waals surface area contributed by atoms with Crippen molar-refractivity contribution in [2.45, 2.75) is 44.9 Å². The van der Waals surface area contributed by atoms with Crippen LogP contribution in [0.1, 0.15) is 41.8 Å². The van der Waals surface area contributed by atoms with Crippen molar-refractivity contribution in [2.24, 2.45) is 11.8 Å². The van der Waals surface area contributed by atoms with Gasteiger partial charge in [-0.1, -0.05) is 0 Å².